The molecule has 0 saturated carbocycles. The second-order valence-electron chi connectivity index (χ2n) is 9.45. The number of imide groups is 1. The lowest BCUT2D eigenvalue weighted by atomic mass is 9.76. The van der Waals surface area contributed by atoms with Gasteiger partial charge in [0, 0.05) is 40.9 Å². The summed E-state index contributed by atoms with van der Waals surface area (Å²) in [5.74, 6) is -3.15. The van der Waals surface area contributed by atoms with Crippen LogP contribution in [0.5, 0.6) is 0 Å². The van der Waals surface area contributed by atoms with Crippen LogP contribution in [0.3, 0.4) is 0 Å². The molecule has 3 aliphatic rings. The highest BCUT2D eigenvalue weighted by Crippen LogP contribution is 2.53. The largest absolute Gasteiger partial charge is 0.361 e. The maximum Gasteiger partial charge on any atom is 0.250 e. The van der Waals surface area contributed by atoms with Crippen molar-refractivity contribution < 1.29 is 18.8 Å². The third-order valence-corrected chi connectivity index (χ3v) is 7.62. The van der Waals surface area contributed by atoms with E-state index in [0.29, 0.717) is 30.6 Å². The highest BCUT2D eigenvalue weighted by Gasteiger charge is 2.70. The number of rotatable bonds is 5. The topological polar surface area (TPSA) is 94.3 Å². The number of carbonyl (C=O) groups is 3. The molecule has 1 spiro atoms. The number of fused-ring (bicyclic) bond motifs is 5. The van der Waals surface area contributed by atoms with Gasteiger partial charge in [-0.25, -0.2) is 4.39 Å². The normalized spacial score (nSPS) is 27.6. The molecule has 6 rings (SSSR count). The average Bonchev–Trinajstić information content (AvgIpc) is 3.53. The summed E-state index contributed by atoms with van der Waals surface area (Å²) in [5.41, 5.74) is 1.36. The standard InChI is InChI=1S/C26H25FN4O3/c1-2-3-10-31-23(32)21-20(11-14-13-28-18-7-5-4-6-16(14)18)30-26(22(21)24(31)33)17-12-15(27)8-9-19(17)29-25(26)34/h4-9,12-13,20-22,28,30H,2-3,10-11H2,1H3,(H,29,34)/t20-,21-,22+,26-/m1/s1. The molecule has 174 valence electrons. The molecule has 8 heteroatoms. The Hall–Kier alpha value is -3.52. The number of likely N-dealkylation sites (tertiary alicyclic amines) is 1. The summed E-state index contributed by atoms with van der Waals surface area (Å²) >= 11 is 0. The molecule has 1 aromatic heterocycles. The Morgan fingerprint density at radius 2 is 1.91 bits per heavy atom. The number of H-pyrrole nitrogens is 1. The van der Waals surface area contributed by atoms with Crippen molar-refractivity contribution in [3.63, 3.8) is 0 Å². The van der Waals surface area contributed by atoms with Crippen LogP contribution in [0.1, 0.15) is 30.9 Å². The van der Waals surface area contributed by atoms with Crippen LogP contribution >= 0.6 is 0 Å². The van der Waals surface area contributed by atoms with E-state index in [4.69, 9.17) is 0 Å². The van der Waals surface area contributed by atoms with Gasteiger partial charge in [-0.05, 0) is 42.7 Å². The van der Waals surface area contributed by atoms with Gasteiger partial charge in [0.2, 0.25) is 17.7 Å². The Morgan fingerprint density at radius 1 is 1.09 bits per heavy atom. The van der Waals surface area contributed by atoms with Gasteiger partial charge in [0.05, 0.1) is 11.8 Å². The van der Waals surface area contributed by atoms with Crippen molar-refractivity contribution in [2.24, 2.45) is 11.8 Å². The molecule has 7 nitrogen and oxygen atoms in total. The summed E-state index contributed by atoms with van der Waals surface area (Å²) in [4.78, 5) is 45.3. The van der Waals surface area contributed by atoms with Crippen LogP contribution in [0.2, 0.25) is 0 Å². The van der Waals surface area contributed by atoms with Crippen LogP contribution in [-0.4, -0.2) is 40.2 Å². The lowest BCUT2D eigenvalue weighted by Gasteiger charge is -2.29. The van der Waals surface area contributed by atoms with Crippen LogP contribution in [-0.2, 0) is 26.3 Å². The molecule has 0 radical (unpaired) electrons. The van der Waals surface area contributed by atoms with Crippen LogP contribution in [0, 0.1) is 17.7 Å². The predicted molar refractivity (Wildman–Crippen MR) is 124 cm³/mol. The molecule has 3 aliphatic heterocycles. The van der Waals surface area contributed by atoms with E-state index in [1.165, 1.54) is 23.1 Å². The first kappa shape index (κ1) is 21.0. The van der Waals surface area contributed by atoms with Crippen LogP contribution in [0.25, 0.3) is 10.9 Å². The average molecular weight is 461 g/mol. The lowest BCUT2D eigenvalue weighted by Crippen LogP contribution is -2.53. The van der Waals surface area contributed by atoms with Gasteiger partial charge in [-0.1, -0.05) is 31.5 Å². The van der Waals surface area contributed by atoms with Gasteiger partial charge in [0.25, 0.3) is 0 Å². The number of nitrogens with zero attached hydrogens (tertiary/aromatic N) is 1. The Balaban J connectivity index is 1.47. The molecule has 3 amide bonds. The minimum absolute atomic E-state index is 0.254. The number of aromatic nitrogens is 1. The maximum absolute atomic E-state index is 14.3. The van der Waals surface area contributed by atoms with Gasteiger partial charge in [0.1, 0.15) is 11.4 Å². The number of amides is 3. The van der Waals surface area contributed by atoms with Gasteiger partial charge in [-0.2, -0.15) is 0 Å². The van der Waals surface area contributed by atoms with Crippen molar-refractivity contribution >= 4 is 34.3 Å². The van der Waals surface area contributed by atoms with E-state index in [9.17, 15) is 18.8 Å². The van der Waals surface area contributed by atoms with Gasteiger partial charge < -0.3 is 10.3 Å². The molecule has 2 fully saturated rings. The number of nitrogens with one attached hydrogen (secondary N) is 3. The number of aromatic amines is 1. The zero-order chi connectivity index (χ0) is 23.6. The number of halogens is 1. The second kappa shape index (κ2) is 7.50. The number of unbranched alkanes of at least 4 members (excludes halogenated alkanes) is 1. The van der Waals surface area contributed by atoms with Crippen molar-refractivity contribution in [1.82, 2.24) is 15.2 Å². The van der Waals surface area contributed by atoms with Crippen molar-refractivity contribution in [3.05, 3.63) is 65.6 Å². The zero-order valence-corrected chi connectivity index (χ0v) is 18.7. The SMILES string of the molecule is CCCCN1C(=O)[C@H]2[C@@H](C1=O)[C@@]1(N[C@@H]2Cc2c[nH]c3ccccc23)C(=O)Nc2ccc(F)cc21. The number of hydrogen-bond donors (Lipinski definition) is 3. The van der Waals surface area contributed by atoms with Crippen molar-refractivity contribution in [2.45, 2.75) is 37.8 Å². The van der Waals surface area contributed by atoms with Crippen LogP contribution in [0.15, 0.2) is 48.7 Å². The summed E-state index contributed by atoms with van der Waals surface area (Å²) < 4.78 is 14.3. The smallest absolute Gasteiger partial charge is 0.250 e. The Kier molecular flexibility index (Phi) is 4.64. The fourth-order valence-corrected chi connectivity index (χ4v) is 6.08. The Bertz CT molecular complexity index is 1350. The van der Waals surface area contributed by atoms with E-state index in [0.717, 1.165) is 22.9 Å². The monoisotopic (exact) mass is 460 g/mol. The summed E-state index contributed by atoms with van der Waals surface area (Å²) in [5, 5.41) is 7.23. The van der Waals surface area contributed by atoms with Crippen molar-refractivity contribution in [3.8, 4) is 0 Å². The molecule has 2 saturated heterocycles. The van der Waals surface area contributed by atoms with Gasteiger partial charge >= 0.3 is 0 Å². The number of para-hydroxylation sites is 1. The fourth-order valence-electron chi connectivity index (χ4n) is 6.08. The first-order chi connectivity index (χ1) is 16.5. The van der Waals surface area contributed by atoms with E-state index in [1.807, 2.05) is 37.4 Å². The van der Waals surface area contributed by atoms with Crippen LogP contribution < -0.4 is 10.6 Å². The van der Waals surface area contributed by atoms with Crippen LogP contribution in [0.4, 0.5) is 10.1 Å². The van der Waals surface area contributed by atoms with E-state index >= 15 is 0 Å². The first-order valence-electron chi connectivity index (χ1n) is 11.7. The Labute approximate surface area is 195 Å². The molecule has 34 heavy (non-hydrogen) atoms. The second-order valence-corrected chi connectivity index (χ2v) is 9.45. The Morgan fingerprint density at radius 3 is 2.74 bits per heavy atom. The third-order valence-electron chi connectivity index (χ3n) is 7.62. The molecule has 3 aromatic rings. The summed E-state index contributed by atoms with van der Waals surface area (Å²) in [7, 11) is 0. The number of anilines is 1. The minimum Gasteiger partial charge on any atom is -0.361 e. The van der Waals surface area contributed by atoms with Gasteiger partial charge in [-0.3, -0.25) is 24.6 Å². The summed E-state index contributed by atoms with van der Waals surface area (Å²) in [6.07, 6.45) is 3.89. The molecule has 0 unspecified atom stereocenters. The number of benzene rings is 2. The molecule has 2 aromatic carbocycles. The molecule has 4 atom stereocenters. The molecular weight excluding hydrogens is 435 g/mol. The van der Waals surface area contributed by atoms with Crippen molar-refractivity contribution in [1.29, 1.82) is 0 Å². The number of carbonyl (C=O) groups excluding carboxylic acids is 3. The van der Waals surface area contributed by atoms with E-state index in [1.54, 1.807) is 0 Å². The minimum atomic E-state index is -1.48. The van der Waals surface area contributed by atoms with Crippen molar-refractivity contribution in [2.75, 3.05) is 11.9 Å². The highest BCUT2D eigenvalue weighted by molar-refractivity contribution is 6.15. The zero-order valence-electron chi connectivity index (χ0n) is 18.7. The first-order valence-corrected chi connectivity index (χ1v) is 11.7. The van der Waals surface area contributed by atoms with Gasteiger partial charge in [-0.15, -0.1) is 0 Å². The molecule has 3 N–H and O–H groups in total. The van der Waals surface area contributed by atoms with E-state index in [2.05, 4.69) is 15.6 Å². The highest BCUT2D eigenvalue weighted by atomic mass is 19.1. The fraction of sp³-hybridized carbons (Fsp3) is 0.346. The molecule has 0 aliphatic carbocycles. The predicted octanol–water partition coefficient (Wildman–Crippen LogP) is 3.07. The maximum atomic E-state index is 14.3. The van der Waals surface area contributed by atoms with Gasteiger partial charge in [0.15, 0.2) is 0 Å². The molecule has 0 bridgehead atoms. The summed E-state index contributed by atoms with van der Waals surface area (Å²) in [6, 6.07) is 11.5. The van der Waals surface area contributed by atoms with E-state index in [-0.39, 0.29) is 11.8 Å². The molecule has 4 heterocycles. The quantitative estimate of drug-likeness (QED) is 0.510. The third kappa shape index (κ3) is 2.75. The lowest BCUT2D eigenvalue weighted by molar-refractivity contribution is -0.142. The number of hydrogen-bond acceptors (Lipinski definition) is 4. The summed E-state index contributed by atoms with van der Waals surface area (Å²) in [6.45, 7) is 2.33. The molecular formula is C26H25FN4O3. The van der Waals surface area contributed by atoms with E-state index < -0.39 is 35.1 Å².